The maximum atomic E-state index is 15.1. The highest BCUT2D eigenvalue weighted by Gasteiger charge is 2.45. The fraction of sp³-hybridized carbons (Fsp3) is 0.478. The molecule has 0 saturated carbocycles. The maximum absolute atomic E-state index is 15.1. The molecule has 0 bridgehead atoms. The molecule has 1 aromatic carbocycles. The van der Waals surface area contributed by atoms with E-state index < -0.39 is 11.7 Å². The molecule has 1 unspecified atom stereocenters. The minimum Gasteiger partial charge on any atom is -0.378 e. The summed E-state index contributed by atoms with van der Waals surface area (Å²) in [4.78, 5) is 28.5. The van der Waals surface area contributed by atoms with Gasteiger partial charge in [0, 0.05) is 52.6 Å². The molecule has 3 aliphatic rings. The van der Waals surface area contributed by atoms with Crippen LogP contribution in [0.25, 0.3) is 0 Å². The number of dihydropyridines is 1. The Morgan fingerprint density at radius 3 is 2.63 bits per heavy atom. The third-order valence-corrected chi connectivity index (χ3v) is 6.39. The molecule has 0 spiro atoms. The molecule has 2 aliphatic heterocycles. The Bertz CT molecular complexity index is 956. The summed E-state index contributed by atoms with van der Waals surface area (Å²) in [6.07, 6.45) is 0.987. The van der Waals surface area contributed by atoms with Crippen molar-refractivity contribution in [3.8, 4) is 0 Å². The van der Waals surface area contributed by atoms with Crippen LogP contribution in [0.4, 0.5) is 4.39 Å². The SMILES string of the molecule is CC1=C(C(=O)N2CCOCC2)C(c2c(F)cccc2Cl)C2=C(CC(C)(C)CC2=O)N1. The number of benzene rings is 1. The Morgan fingerprint density at radius 2 is 1.97 bits per heavy atom. The molecular formula is C23H26ClFN2O3. The van der Waals surface area contributed by atoms with Crippen molar-refractivity contribution in [2.75, 3.05) is 26.3 Å². The van der Waals surface area contributed by atoms with E-state index >= 15 is 4.39 Å². The molecule has 160 valence electrons. The largest absolute Gasteiger partial charge is 0.378 e. The van der Waals surface area contributed by atoms with Gasteiger partial charge >= 0.3 is 0 Å². The molecule has 1 aromatic rings. The van der Waals surface area contributed by atoms with Crippen molar-refractivity contribution in [3.63, 3.8) is 0 Å². The molecule has 0 aromatic heterocycles. The van der Waals surface area contributed by atoms with Gasteiger partial charge in [0.2, 0.25) is 0 Å². The second-order valence-electron chi connectivity index (χ2n) is 8.97. The number of nitrogens with one attached hydrogen (secondary N) is 1. The highest BCUT2D eigenvalue weighted by molar-refractivity contribution is 6.31. The summed E-state index contributed by atoms with van der Waals surface area (Å²) in [6, 6.07) is 4.46. The van der Waals surface area contributed by atoms with Crippen molar-refractivity contribution in [2.24, 2.45) is 5.41 Å². The van der Waals surface area contributed by atoms with Crippen LogP contribution in [-0.4, -0.2) is 42.9 Å². The van der Waals surface area contributed by atoms with E-state index in [0.717, 1.165) is 5.70 Å². The van der Waals surface area contributed by atoms with E-state index in [9.17, 15) is 9.59 Å². The maximum Gasteiger partial charge on any atom is 0.252 e. The van der Waals surface area contributed by atoms with Crippen LogP contribution in [0.15, 0.2) is 40.7 Å². The van der Waals surface area contributed by atoms with Crippen LogP contribution in [0.2, 0.25) is 5.02 Å². The molecule has 1 fully saturated rings. The van der Waals surface area contributed by atoms with Gasteiger partial charge in [-0.1, -0.05) is 31.5 Å². The van der Waals surface area contributed by atoms with E-state index in [0.29, 0.717) is 56.0 Å². The van der Waals surface area contributed by atoms with Gasteiger partial charge in [-0.05, 0) is 30.9 Å². The first kappa shape index (κ1) is 21.1. The number of hydrogen-bond donors (Lipinski definition) is 1. The molecule has 30 heavy (non-hydrogen) atoms. The molecule has 7 heteroatoms. The van der Waals surface area contributed by atoms with Gasteiger partial charge in [-0.2, -0.15) is 0 Å². The Hall–Kier alpha value is -2.18. The summed E-state index contributed by atoms with van der Waals surface area (Å²) in [7, 11) is 0. The zero-order chi connectivity index (χ0) is 21.6. The number of carbonyl (C=O) groups is 2. The molecular weight excluding hydrogens is 407 g/mol. The zero-order valence-electron chi connectivity index (χ0n) is 17.5. The summed E-state index contributed by atoms with van der Waals surface area (Å²) >= 11 is 6.44. The summed E-state index contributed by atoms with van der Waals surface area (Å²) in [5.74, 6) is -1.62. The van der Waals surface area contributed by atoms with E-state index in [4.69, 9.17) is 16.3 Å². The molecule has 5 nitrogen and oxygen atoms in total. The fourth-order valence-electron chi connectivity index (χ4n) is 4.73. The third kappa shape index (κ3) is 3.67. The predicted octanol–water partition coefficient (Wildman–Crippen LogP) is 3.94. The minimum absolute atomic E-state index is 0.0714. The molecule has 1 amide bonds. The minimum atomic E-state index is -0.825. The van der Waals surface area contributed by atoms with Crippen LogP contribution in [0, 0.1) is 11.2 Å². The topological polar surface area (TPSA) is 58.6 Å². The summed E-state index contributed by atoms with van der Waals surface area (Å²) in [5.41, 5.74) is 2.23. The quantitative estimate of drug-likeness (QED) is 0.769. The van der Waals surface area contributed by atoms with Crippen LogP contribution < -0.4 is 5.32 Å². The number of ketones is 1. The second-order valence-corrected chi connectivity index (χ2v) is 9.38. The van der Waals surface area contributed by atoms with Crippen LogP contribution in [0.3, 0.4) is 0 Å². The van der Waals surface area contributed by atoms with Crippen LogP contribution in [0.5, 0.6) is 0 Å². The van der Waals surface area contributed by atoms with E-state index in [2.05, 4.69) is 5.32 Å². The highest BCUT2D eigenvalue weighted by Crippen LogP contribution is 2.48. The number of rotatable bonds is 2. The lowest BCUT2D eigenvalue weighted by atomic mass is 9.68. The normalized spacial score (nSPS) is 24.0. The number of morpholine rings is 1. The lowest BCUT2D eigenvalue weighted by Gasteiger charge is -2.41. The van der Waals surface area contributed by atoms with Crippen molar-refractivity contribution in [2.45, 2.75) is 39.5 Å². The Morgan fingerprint density at radius 1 is 1.27 bits per heavy atom. The summed E-state index contributed by atoms with van der Waals surface area (Å²) in [6.45, 7) is 7.71. The molecule has 1 saturated heterocycles. The molecule has 4 rings (SSSR count). The van der Waals surface area contributed by atoms with Gasteiger partial charge in [0.25, 0.3) is 5.91 Å². The van der Waals surface area contributed by atoms with Crippen molar-refractivity contribution in [1.29, 1.82) is 0 Å². The molecule has 0 radical (unpaired) electrons. The number of amides is 1. The smallest absolute Gasteiger partial charge is 0.252 e. The number of hydrogen-bond acceptors (Lipinski definition) is 4. The van der Waals surface area contributed by atoms with Gasteiger partial charge in [-0.3, -0.25) is 9.59 Å². The Balaban J connectivity index is 1.89. The molecule has 1 N–H and O–H groups in total. The van der Waals surface area contributed by atoms with Gasteiger partial charge in [-0.25, -0.2) is 4.39 Å². The monoisotopic (exact) mass is 432 g/mol. The lowest BCUT2D eigenvalue weighted by Crippen LogP contribution is -2.45. The van der Waals surface area contributed by atoms with E-state index in [1.165, 1.54) is 12.1 Å². The zero-order valence-corrected chi connectivity index (χ0v) is 18.2. The standard InChI is InChI=1S/C23H26ClFN2O3/c1-13-18(22(29)27-7-9-30-10-8-27)21(19-14(24)5-4-6-15(19)25)20-16(26-13)11-23(2,3)12-17(20)28/h4-6,21,26H,7-12H2,1-3H3. The first-order valence-corrected chi connectivity index (χ1v) is 10.6. The third-order valence-electron chi connectivity index (χ3n) is 6.06. The number of Topliss-reactive ketones (excluding diaryl/α,β-unsaturated/α-hetero) is 1. The highest BCUT2D eigenvalue weighted by atomic mass is 35.5. The van der Waals surface area contributed by atoms with Crippen LogP contribution >= 0.6 is 11.6 Å². The number of carbonyl (C=O) groups excluding carboxylic acids is 2. The number of ether oxygens (including phenoxy) is 1. The summed E-state index contributed by atoms with van der Waals surface area (Å²) in [5, 5.41) is 3.52. The number of allylic oxidation sites excluding steroid dienone is 3. The number of halogens is 2. The lowest BCUT2D eigenvalue weighted by molar-refractivity contribution is -0.131. The van der Waals surface area contributed by atoms with Gasteiger partial charge in [0.15, 0.2) is 5.78 Å². The van der Waals surface area contributed by atoms with Crippen molar-refractivity contribution < 1.29 is 18.7 Å². The second kappa shape index (κ2) is 7.82. The Labute approximate surface area is 180 Å². The molecule has 1 atom stereocenters. The predicted molar refractivity (Wildman–Crippen MR) is 112 cm³/mol. The van der Waals surface area contributed by atoms with Crippen LogP contribution in [0.1, 0.15) is 45.1 Å². The van der Waals surface area contributed by atoms with Gasteiger partial charge < -0.3 is 15.0 Å². The van der Waals surface area contributed by atoms with E-state index in [-0.39, 0.29) is 27.7 Å². The molecule has 1 aliphatic carbocycles. The van der Waals surface area contributed by atoms with E-state index in [1.54, 1.807) is 11.0 Å². The average molecular weight is 433 g/mol. The van der Waals surface area contributed by atoms with Gasteiger partial charge in [-0.15, -0.1) is 0 Å². The van der Waals surface area contributed by atoms with Gasteiger partial charge in [0.05, 0.1) is 19.1 Å². The number of nitrogens with zero attached hydrogens (tertiary/aromatic N) is 1. The van der Waals surface area contributed by atoms with Crippen LogP contribution in [-0.2, 0) is 14.3 Å². The van der Waals surface area contributed by atoms with Gasteiger partial charge in [0.1, 0.15) is 5.82 Å². The van der Waals surface area contributed by atoms with E-state index in [1.807, 2.05) is 20.8 Å². The average Bonchev–Trinajstić information content (AvgIpc) is 2.66. The fourth-order valence-corrected chi connectivity index (χ4v) is 5.00. The van der Waals surface area contributed by atoms with Crippen molar-refractivity contribution in [1.82, 2.24) is 10.2 Å². The van der Waals surface area contributed by atoms with Crippen molar-refractivity contribution >= 4 is 23.3 Å². The molecule has 2 heterocycles. The first-order valence-electron chi connectivity index (χ1n) is 10.2. The van der Waals surface area contributed by atoms with Crippen molar-refractivity contribution in [3.05, 3.63) is 57.1 Å². The first-order chi connectivity index (χ1) is 14.2. The Kier molecular flexibility index (Phi) is 5.49. The summed E-state index contributed by atoms with van der Waals surface area (Å²) < 4.78 is 20.4.